The van der Waals surface area contributed by atoms with Crippen molar-refractivity contribution in [3.63, 3.8) is 0 Å². The maximum Gasteiger partial charge on any atom is 0.146 e. The molecule has 5 heteroatoms. The van der Waals surface area contributed by atoms with Crippen molar-refractivity contribution >= 4 is 17.4 Å². The number of nitriles is 1. The molecule has 0 saturated carbocycles. The molecule has 90 valence electrons. The number of nitrogens with zero attached hydrogens (tertiary/aromatic N) is 2. The van der Waals surface area contributed by atoms with Gasteiger partial charge in [-0.15, -0.1) is 0 Å². The third-order valence-corrected chi connectivity index (χ3v) is 3.29. The van der Waals surface area contributed by atoms with E-state index in [0.717, 1.165) is 32.6 Å². The number of pyridine rings is 1. The maximum absolute atomic E-state index is 8.85. The molecular weight excluding hydrogens is 238 g/mol. The quantitative estimate of drug-likeness (QED) is 0.897. The van der Waals surface area contributed by atoms with Crippen molar-refractivity contribution in [2.24, 2.45) is 5.92 Å². The van der Waals surface area contributed by atoms with Gasteiger partial charge in [0, 0.05) is 26.0 Å². The van der Waals surface area contributed by atoms with Gasteiger partial charge in [0.15, 0.2) is 0 Å². The lowest BCUT2D eigenvalue weighted by atomic mass is 10.0. The molecular formula is C12H14ClN3O. The van der Waals surface area contributed by atoms with E-state index in [1.807, 2.05) is 6.07 Å². The summed E-state index contributed by atoms with van der Waals surface area (Å²) in [7, 11) is 0. The molecule has 4 nitrogen and oxygen atoms in total. The van der Waals surface area contributed by atoms with Gasteiger partial charge in [-0.3, -0.25) is 0 Å². The van der Waals surface area contributed by atoms with Crippen LogP contribution in [0.2, 0.25) is 5.02 Å². The lowest BCUT2D eigenvalue weighted by Crippen LogP contribution is -2.23. The molecule has 2 rings (SSSR count). The summed E-state index contributed by atoms with van der Waals surface area (Å²) in [5.74, 6) is 1.18. The Kier molecular flexibility index (Phi) is 4.18. The van der Waals surface area contributed by atoms with Crippen molar-refractivity contribution in [2.45, 2.75) is 12.8 Å². The Bertz CT molecular complexity index is 424. The molecule has 1 aliphatic rings. The van der Waals surface area contributed by atoms with Gasteiger partial charge in [-0.1, -0.05) is 11.6 Å². The minimum absolute atomic E-state index is 0.405. The first-order valence-electron chi connectivity index (χ1n) is 5.67. The summed E-state index contributed by atoms with van der Waals surface area (Å²) in [6.07, 6.45) is 3.71. The van der Waals surface area contributed by atoms with Crippen molar-refractivity contribution in [1.82, 2.24) is 4.98 Å². The van der Waals surface area contributed by atoms with Crippen molar-refractivity contribution in [3.05, 3.63) is 22.8 Å². The van der Waals surface area contributed by atoms with Crippen LogP contribution in [0, 0.1) is 17.2 Å². The standard InChI is InChI=1S/C12H14ClN3O/c13-11-10(7-14)1-4-15-12(11)16-8-9-2-5-17-6-3-9/h1,4,9H,2-3,5-6,8H2,(H,15,16). The van der Waals surface area contributed by atoms with Crippen LogP contribution in [0.4, 0.5) is 5.82 Å². The lowest BCUT2D eigenvalue weighted by Gasteiger charge is -2.22. The monoisotopic (exact) mass is 251 g/mol. The Morgan fingerprint density at radius 3 is 3.00 bits per heavy atom. The second kappa shape index (κ2) is 5.85. The summed E-state index contributed by atoms with van der Waals surface area (Å²) < 4.78 is 5.30. The minimum atomic E-state index is 0.405. The number of hydrogen-bond acceptors (Lipinski definition) is 4. The molecule has 1 saturated heterocycles. The topological polar surface area (TPSA) is 57.9 Å². The highest BCUT2D eigenvalue weighted by Gasteiger charge is 2.14. The van der Waals surface area contributed by atoms with Gasteiger partial charge in [0.1, 0.15) is 16.9 Å². The van der Waals surface area contributed by atoms with Crippen LogP contribution >= 0.6 is 11.6 Å². The van der Waals surface area contributed by atoms with Crippen LogP contribution in [0.5, 0.6) is 0 Å². The molecule has 0 aromatic carbocycles. The van der Waals surface area contributed by atoms with E-state index in [0.29, 0.717) is 22.3 Å². The van der Waals surface area contributed by atoms with E-state index >= 15 is 0 Å². The Labute approximate surface area is 106 Å². The molecule has 0 spiro atoms. The first kappa shape index (κ1) is 12.2. The average Bonchev–Trinajstić information content (AvgIpc) is 2.39. The summed E-state index contributed by atoms with van der Waals surface area (Å²) in [4.78, 5) is 4.15. The predicted octanol–water partition coefficient (Wildman–Crippen LogP) is 2.45. The SMILES string of the molecule is N#Cc1ccnc(NCC2CCOCC2)c1Cl. The zero-order valence-electron chi connectivity index (χ0n) is 9.45. The van der Waals surface area contributed by atoms with Gasteiger partial charge in [0.05, 0.1) is 5.56 Å². The molecule has 0 unspecified atom stereocenters. The summed E-state index contributed by atoms with van der Waals surface area (Å²) in [6, 6.07) is 3.65. The molecule has 17 heavy (non-hydrogen) atoms. The van der Waals surface area contributed by atoms with Gasteiger partial charge in [0.2, 0.25) is 0 Å². The van der Waals surface area contributed by atoms with E-state index in [9.17, 15) is 0 Å². The highest BCUT2D eigenvalue weighted by molar-refractivity contribution is 6.34. The zero-order chi connectivity index (χ0) is 12.1. The average molecular weight is 252 g/mol. The normalized spacial score (nSPS) is 16.5. The second-order valence-electron chi connectivity index (χ2n) is 4.07. The van der Waals surface area contributed by atoms with Gasteiger partial charge >= 0.3 is 0 Å². The van der Waals surface area contributed by atoms with Crippen LogP contribution in [-0.4, -0.2) is 24.7 Å². The number of aromatic nitrogens is 1. The Morgan fingerprint density at radius 1 is 1.53 bits per heavy atom. The first-order valence-corrected chi connectivity index (χ1v) is 6.05. The summed E-state index contributed by atoms with van der Waals surface area (Å²) >= 11 is 6.05. The fourth-order valence-electron chi connectivity index (χ4n) is 1.84. The minimum Gasteiger partial charge on any atom is -0.381 e. The number of rotatable bonds is 3. The van der Waals surface area contributed by atoms with Crippen molar-refractivity contribution < 1.29 is 4.74 Å². The van der Waals surface area contributed by atoms with E-state index in [4.69, 9.17) is 21.6 Å². The second-order valence-corrected chi connectivity index (χ2v) is 4.45. The van der Waals surface area contributed by atoms with Gasteiger partial charge in [-0.25, -0.2) is 4.98 Å². The van der Waals surface area contributed by atoms with Crippen molar-refractivity contribution in [2.75, 3.05) is 25.1 Å². The van der Waals surface area contributed by atoms with E-state index in [2.05, 4.69) is 10.3 Å². The first-order chi connectivity index (χ1) is 8.31. The highest BCUT2D eigenvalue weighted by Crippen LogP contribution is 2.24. The Hall–Kier alpha value is -1.31. The highest BCUT2D eigenvalue weighted by atomic mass is 35.5. The fraction of sp³-hybridized carbons (Fsp3) is 0.500. The molecule has 2 heterocycles. The van der Waals surface area contributed by atoms with Crippen molar-refractivity contribution in [3.8, 4) is 6.07 Å². The number of ether oxygens (including phenoxy) is 1. The largest absolute Gasteiger partial charge is 0.381 e. The Morgan fingerprint density at radius 2 is 2.29 bits per heavy atom. The molecule has 1 aromatic heterocycles. The summed E-state index contributed by atoms with van der Waals surface area (Å²) in [6.45, 7) is 2.47. The molecule has 1 N–H and O–H groups in total. The molecule has 0 aliphatic carbocycles. The summed E-state index contributed by atoms with van der Waals surface area (Å²) in [5, 5.41) is 12.5. The number of anilines is 1. The van der Waals surface area contributed by atoms with E-state index < -0.39 is 0 Å². The van der Waals surface area contributed by atoms with E-state index in [1.165, 1.54) is 0 Å². The number of hydrogen-bond donors (Lipinski definition) is 1. The third kappa shape index (κ3) is 3.09. The number of nitrogens with one attached hydrogen (secondary N) is 1. The van der Waals surface area contributed by atoms with Crippen LogP contribution < -0.4 is 5.32 Å². The fourth-order valence-corrected chi connectivity index (χ4v) is 2.07. The van der Waals surface area contributed by atoms with Crippen LogP contribution in [0.25, 0.3) is 0 Å². The molecule has 0 bridgehead atoms. The zero-order valence-corrected chi connectivity index (χ0v) is 10.2. The molecule has 1 fully saturated rings. The van der Waals surface area contributed by atoms with E-state index in [1.54, 1.807) is 12.3 Å². The van der Waals surface area contributed by atoms with Crippen molar-refractivity contribution in [1.29, 1.82) is 5.26 Å². The molecule has 1 aliphatic heterocycles. The van der Waals surface area contributed by atoms with Crippen LogP contribution in [0.3, 0.4) is 0 Å². The van der Waals surface area contributed by atoms with Crippen LogP contribution in [0.15, 0.2) is 12.3 Å². The molecule has 0 amide bonds. The van der Waals surface area contributed by atoms with E-state index in [-0.39, 0.29) is 0 Å². The maximum atomic E-state index is 8.85. The molecule has 0 atom stereocenters. The van der Waals surface area contributed by atoms with Crippen LogP contribution in [0.1, 0.15) is 18.4 Å². The van der Waals surface area contributed by atoms with Crippen LogP contribution in [-0.2, 0) is 4.74 Å². The van der Waals surface area contributed by atoms with Gasteiger partial charge in [-0.05, 0) is 24.8 Å². The van der Waals surface area contributed by atoms with Gasteiger partial charge in [-0.2, -0.15) is 5.26 Å². The molecule has 1 aromatic rings. The lowest BCUT2D eigenvalue weighted by molar-refractivity contribution is 0.0699. The smallest absolute Gasteiger partial charge is 0.146 e. The number of halogens is 1. The van der Waals surface area contributed by atoms with Gasteiger partial charge in [0.25, 0.3) is 0 Å². The predicted molar refractivity (Wildman–Crippen MR) is 66.0 cm³/mol. The summed E-state index contributed by atoms with van der Waals surface area (Å²) in [5.41, 5.74) is 0.455. The third-order valence-electron chi connectivity index (χ3n) is 2.91. The Balaban J connectivity index is 1.96. The molecule has 0 radical (unpaired) electrons. The van der Waals surface area contributed by atoms with Gasteiger partial charge < -0.3 is 10.1 Å².